The quantitative estimate of drug-likeness (QED) is 0.180. The molecule has 2 atom stereocenters. The van der Waals surface area contributed by atoms with Crippen LogP contribution in [0.5, 0.6) is 0 Å². The third-order valence-corrected chi connectivity index (χ3v) is 8.52. The molecule has 0 saturated heterocycles. The SMILES string of the molecule is CC(C)=C[C@@]1(Cc2ccccc2)[C@H](C=C(c2ccccc2)c2ccccc2)C1(c1ccccc1)c1ccccc1. The minimum Gasteiger partial charge on any atom is -0.0798 e. The number of allylic oxidation sites excluding steroid dienone is 3. The average Bonchev–Trinajstić information content (AvgIpc) is 3.56. The smallest absolute Gasteiger partial charge is 0.0374 e. The largest absolute Gasteiger partial charge is 0.0798 e. The van der Waals surface area contributed by atoms with Crippen LogP contribution in [0.15, 0.2) is 169 Å². The minimum absolute atomic E-state index is 0.134. The minimum atomic E-state index is -0.211. The maximum Gasteiger partial charge on any atom is 0.0374 e. The Hall–Kier alpha value is -4.42. The first-order valence-electron chi connectivity index (χ1n) is 14.3. The number of benzene rings is 5. The Balaban J connectivity index is 1.67. The van der Waals surface area contributed by atoms with Crippen molar-refractivity contribution in [3.8, 4) is 0 Å². The summed E-state index contributed by atoms with van der Waals surface area (Å²) in [4.78, 5) is 0. The molecule has 5 aromatic rings. The van der Waals surface area contributed by atoms with Crippen LogP contribution in [-0.4, -0.2) is 0 Å². The van der Waals surface area contributed by atoms with Gasteiger partial charge in [-0.2, -0.15) is 0 Å². The highest BCUT2D eigenvalue weighted by atomic mass is 14.8. The van der Waals surface area contributed by atoms with Gasteiger partial charge in [0.05, 0.1) is 0 Å². The van der Waals surface area contributed by atoms with Crippen LogP contribution >= 0.6 is 0 Å². The standard InChI is InChI=1S/C40H36/c1-31(2)29-39(30-32-18-8-3-9-19-32)38(28-37(33-20-10-4-11-21-33)34-22-12-5-13-23-34)40(39,35-24-14-6-15-25-35)36-26-16-7-17-27-36/h3-29,38H,30H2,1-2H3/t38-,39+/m0/s1. The molecular weight excluding hydrogens is 480 g/mol. The second kappa shape index (κ2) is 11.0. The van der Waals surface area contributed by atoms with E-state index in [1.165, 1.54) is 39.0 Å². The first-order valence-corrected chi connectivity index (χ1v) is 14.3. The first kappa shape index (κ1) is 25.8. The highest BCUT2D eigenvalue weighted by Crippen LogP contribution is 2.76. The predicted molar refractivity (Wildman–Crippen MR) is 169 cm³/mol. The molecule has 5 aromatic carbocycles. The predicted octanol–water partition coefficient (Wildman–Crippen LogP) is 9.93. The summed E-state index contributed by atoms with van der Waals surface area (Å²) in [6.07, 6.45) is 6.13. The maximum atomic E-state index is 2.59. The number of rotatable bonds is 8. The lowest BCUT2D eigenvalue weighted by Gasteiger charge is -2.26. The van der Waals surface area contributed by atoms with Crippen molar-refractivity contribution >= 4 is 5.57 Å². The number of hydrogen-bond acceptors (Lipinski definition) is 0. The van der Waals surface area contributed by atoms with Gasteiger partial charge in [-0.1, -0.05) is 169 Å². The summed E-state index contributed by atoms with van der Waals surface area (Å²) in [5.74, 6) is 0.246. The highest BCUT2D eigenvalue weighted by Gasteiger charge is 2.75. The molecule has 0 heterocycles. The van der Waals surface area contributed by atoms with Crippen LogP contribution in [0.1, 0.15) is 41.7 Å². The summed E-state index contributed by atoms with van der Waals surface area (Å²) in [6, 6.07) is 55.2. The molecule has 1 aliphatic carbocycles. The van der Waals surface area contributed by atoms with Gasteiger partial charge in [-0.15, -0.1) is 0 Å². The molecule has 0 heteroatoms. The van der Waals surface area contributed by atoms with Gasteiger partial charge in [0.25, 0.3) is 0 Å². The lowest BCUT2D eigenvalue weighted by Crippen LogP contribution is -2.21. The van der Waals surface area contributed by atoms with Gasteiger partial charge < -0.3 is 0 Å². The van der Waals surface area contributed by atoms with E-state index in [0.29, 0.717) is 0 Å². The van der Waals surface area contributed by atoms with Gasteiger partial charge in [-0.3, -0.25) is 0 Å². The summed E-state index contributed by atoms with van der Waals surface area (Å²) >= 11 is 0. The van der Waals surface area contributed by atoms with Crippen LogP contribution in [0, 0.1) is 11.3 Å². The van der Waals surface area contributed by atoms with Crippen LogP contribution in [-0.2, 0) is 11.8 Å². The van der Waals surface area contributed by atoms with Crippen molar-refractivity contribution in [2.24, 2.45) is 11.3 Å². The van der Waals surface area contributed by atoms with Crippen molar-refractivity contribution in [3.05, 3.63) is 197 Å². The van der Waals surface area contributed by atoms with Gasteiger partial charge in [-0.05, 0) is 53.7 Å². The normalized spacial score (nSPS) is 18.9. The molecule has 40 heavy (non-hydrogen) atoms. The molecule has 1 saturated carbocycles. The van der Waals surface area contributed by atoms with Crippen molar-refractivity contribution in [2.75, 3.05) is 0 Å². The zero-order valence-corrected chi connectivity index (χ0v) is 23.4. The van der Waals surface area contributed by atoms with E-state index < -0.39 is 0 Å². The summed E-state index contributed by atoms with van der Waals surface area (Å²) in [7, 11) is 0. The summed E-state index contributed by atoms with van der Waals surface area (Å²) in [5, 5.41) is 0. The van der Waals surface area contributed by atoms with Crippen LogP contribution in [0.4, 0.5) is 0 Å². The fourth-order valence-electron chi connectivity index (χ4n) is 7.04. The van der Waals surface area contributed by atoms with Crippen LogP contribution < -0.4 is 0 Å². The molecule has 0 nitrogen and oxygen atoms in total. The van der Waals surface area contributed by atoms with Gasteiger partial charge in [0, 0.05) is 16.7 Å². The molecule has 0 unspecified atom stereocenters. The second-order valence-electron chi connectivity index (χ2n) is 11.3. The molecule has 0 aliphatic heterocycles. The highest BCUT2D eigenvalue weighted by molar-refractivity contribution is 5.81. The zero-order valence-electron chi connectivity index (χ0n) is 23.4. The zero-order chi connectivity index (χ0) is 27.4. The molecule has 0 aromatic heterocycles. The van der Waals surface area contributed by atoms with Gasteiger partial charge in [-0.25, -0.2) is 0 Å². The molecule has 1 aliphatic rings. The fraction of sp³-hybridized carbons (Fsp3) is 0.150. The third kappa shape index (κ3) is 4.54. The van der Waals surface area contributed by atoms with Gasteiger partial charge in [0.1, 0.15) is 0 Å². The number of hydrogen-bond donors (Lipinski definition) is 0. The Labute approximate surface area is 239 Å². The molecule has 1 fully saturated rings. The molecule has 0 bridgehead atoms. The van der Waals surface area contributed by atoms with Crippen molar-refractivity contribution in [3.63, 3.8) is 0 Å². The van der Waals surface area contributed by atoms with E-state index in [2.05, 4.69) is 178 Å². The lowest BCUT2D eigenvalue weighted by atomic mass is 9.77. The van der Waals surface area contributed by atoms with Gasteiger partial charge in [0.2, 0.25) is 0 Å². The Bertz CT molecular complexity index is 1510. The third-order valence-electron chi connectivity index (χ3n) is 8.52. The average molecular weight is 517 g/mol. The molecule has 0 spiro atoms. The van der Waals surface area contributed by atoms with E-state index in [1.807, 2.05) is 0 Å². The second-order valence-corrected chi connectivity index (χ2v) is 11.3. The summed E-state index contributed by atoms with van der Waals surface area (Å²) < 4.78 is 0. The molecule has 196 valence electrons. The molecule has 0 amide bonds. The summed E-state index contributed by atoms with van der Waals surface area (Å²) in [6.45, 7) is 4.50. The van der Waals surface area contributed by atoms with Crippen molar-refractivity contribution in [1.82, 2.24) is 0 Å². The van der Waals surface area contributed by atoms with E-state index in [1.54, 1.807) is 0 Å². The van der Waals surface area contributed by atoms with E-state index in [0.717, 1.165) is 6.42 Å². The van der Waals surface area contributed by atoms with Crippen LogP contribution in [0.3, 0.4) is 0 Å². The van der Waals surface area contributed by atoms with E-state index in [-0.39, 0.29) is 16.7 Å². The van der Waals surface area contributed by atoms with E-state index in [9.17, 15) is 0 Å². The van der Waals surface area contributed by atoms with E-state index in [4.69, 9.17) is 0 Å². The molecule has 6 rings (SSSR count). The van der Waals surface area contributed by atoms with E-state index >= 15 is 0 Å². The molecular formula is C40H36. The Kier molecular flexibility index (Phi) is 7.10. The Morgan fingerprint density at radius 3 is 1.38 bits per heavy atom. The topological polar surface area (TPSA) is 0 Å². The first-order chi connectivity index (χ1) is 19.6. The Morgan fingerprint density at radius 1 is 0.550 bits per heavy atom. The molecule has 0 radical (unpaired) electrons. The Morgan fingerprint density at radius 2 is 0.950 bits per heavy atom. The van der Waals surface area contributed by atoms with Crippen LogP contribution in [0.25, 0.3) is 5.57 Å². The van der Waals surface area contributed by atoms with Gasteiger partial charge in [0.15, 0.2) is 0 Å². The van der Waals surface area contributed by atoms with Crippen LogP contribution in [0.2, 0.25) is 0 Å². The van der Waals surface area contributed by atoms with Gasteiger partial charge >= 0.3 is 0 Å². The fourth-order valence-corrected chi connectivity index (χ4v) is 7.04. The van der Waals surface area contributed by atoms with Crippen molar-refractivity contribution in [2.45, 2.75) is 25.7 Å². The monoisotopic (exact) mass is 516 g/mol. The maximum absolute atomic E-state index is 2.59. The lowest BCUT2D eigenvalue weighted by molar-refractivity contribution is 0.545. The van der Waals surface area contributed by atoms with Crippen molar-refractivity contribution < 1.29 is 0 Å². The molecule has 0 N–H and O–H groups in total. The van der Waals surface area contributed by atoms with Crippen molar-refractivity contribution in [1.29, 1.82) is 0 Å². The summed E-state index contributed by atoms with van der Waals surface area (Å²) in [5.41, 5.74) is 8.91.